The second kappa shape index (κ2) is 7.73. The van der Waals surface area contributed by atoms with Crippen LogP contribution in [0.1, 0.15) is 18.4 Å². The molecule has 0 saturated heterocycles. The lowest BCUT2D eigenvalue weighted by Gasteiger charge is -2.04. The summed E-state index contributed by atoms with van der Waals surface area (Å²) in [5.41, 5.74) is 0. The smallest absolute Gasteiger partial charge is 0.117 e. The van der Waals surface area contributed by atoms with Crippen LogP contribution >= 0.6 is 11.8 Å². The SMILES string of the molecule is CCNCc1ccc(CSCC(O)CO)o1. The minimum absolute atomic E-state index is 0.184. The van der Waals surface area contributed by atoms with Crippen molar-refractivity contribution in [3.63, 3.8) is 0 Å². The second-order valence-electron chi connectivity index (χ2n) is 3.50. The van der Waals surface area contributed by atoms with E-state index in [-0.39, 0.29) is 6.61 Å². The van der Waals surface area contributed by atoms with E-state index in [0.29, 0.717) is 5.75 Å². The van der Waals surface area contributed by atoms with Gasteiger partial charge in [-0.3, -0.25) is 0 Å². The van der Waals surface area contributed by atoms with Crippen molar-refractivity contribution in [2.75, 3.05) is 18.9 Å². The summed E-state index contributed by atoms with van der Waals surface area (Å²) in [5, 5.41) is 21.0. The van der Waals surface area contributed by atoms with E-state index in [1.54, 1.807) is 11.8 Å². The summed E-state index contributed by atoms with van der Waals surface area (Å²) in [7, 11) is 0. The first kappa shape index (κ1) is 13.6. The van der Waals surface area contributed by atoms with Gasteiger partial charge in [0, 0.05) is 5.75 Å². The normalized spacial score (nSPS) is 12.9. The molecule has 5 heteroatoms. The molecule has 1 heterocycles. The van der Waals surface area contributed by atoms with Gasteiger partial charge < -0.3 is 19.9 Å². The van der Waals surface area contributed by atoms with Gasteiger partial charge in [0.25, 0.3) is 0 Å². The zero-order valence-corrected chi connectivity index (χ0v) is 10.3. The molecule has 3 N–H and O–H groups in total. The predicted octanol–water partition coefficient (Wildman–Crippen LogP) is 0.976. The molecule has 0 bridgehead atoms. The van der Waals surface area contributed by atoms with Crippen molar-refractivity contribution in [3.8, 4) is 0 Å². The Morgan fingerprint density at radius 3 is 2.88 bits per heavy atom. The van der Waals surface area contributed by atoms with Crippen LogP contribution < -0.4 is 5.32 Å². The van der Waals surface area contributed by atoms with E-state index >= 15 is 0 Å². The van der Waals surface area contributed by atoms with E-state index in [1.807, 2.05) is 12.1 Å². The molecule has 0 saturated carbocycles. The number of aliphatic hydroxyl groups is 2. The molecule has 92 valence electrons. The van der Waals surface area contributed by atoms with Crippen molar-refractivity contribution < 1.29 is 14.6 Å². The molecule has 0 aliphatic carbocycles. The van der Waals surface area contributed by atoms with Crippen LogP contribution in [0.15, 0.2) is 16.5 Å². The molecule has 0 aliphatic rings. The fourth-order valence-corrected chi connectivity index (χ4v) is 2.04. The number of hydrogen-bond acceptors (Lipinski definition) is 5. The van der Waals surface area contributed by atoms with Gasteiger partial charge in [-0.05, 0) is 18.7 Å². The fourth-order valence-electron chi connectivity index (χ4n) is 1.19. The van der Waals surface area contributed by atoms with E-state index in [1.165, 1.54) is 0 Å². The molecule has 4 nitrogen and oxygen atoms in total. The van der Waals surface area contributed by atoms with Gasteiger partial charge in [0.1, 0.15) is 11.5 Å². The molecule has 0 spiro atoms. The van der Waals surface area contributed by atoms with Crippen LogP contribution in [0.25, 0.3) is 0 Å². The van der Waals surface area contributed by atoms with E-state index in [9.17, 15) is 0 Å². The second-order valence-corrected chi connectivity index (χ2v) is 4.53. The van der Waals surface area contributed by atoms with E-state index in [0.717, 1.165) is 30.4 Å². The van der Waals surface area contributed by atoms with Crippen molar-refractivity contribution in [2.24, 2.45) is 0 Å². The third kappa shape index (κ3) is 5.03. The first-order valence-electron chi connectivity index (χ1n) is 5.41. The topological polar surface area (TPSA) is 65.6 Å². The van der Waals surface area contributed by atoms with E-state index < -0.39 is 6.10 Å². The minimum atomic E-state index is -0.638. The van der Waals surface area contributed by atoms with Gasteiger partial charge in [-0.2, -0.15) is 11.8 Å². The number of rotatable bonds is 8. The molecule has 1 rings (SSSR count). The maximum Gasteiger partial charge on any atom is 0.117 e. The van der Waals surface area contributed by atoms with Crippen LogP contribution in [0.2, 0.25) is 0 Å². The first-order valence-corrected chi connectivity index (χ1v) is 6.56. The monoisotopic (exact) mass is 245 g/mol. The van der Waals surface area contributed by atoms with Crippen molar-refractivity contribution in [3.05, 3.63) is 23.7 Å². The molecule has 0 amide bonds. The molecule has 1 unspecified atom stereocenters. The maximum atomic E-state index is 9.15. The Labute approximate surface area is 100 Å². The highest BCUT2D eigenvalue weighted by Gasteiger charge is 2.05. The van der Waals surface area contributed by atoms with Crippen LogP contribution in [0, 0.1) is 0 Å². The molecular weight excluding hydrogens is 226 g/mol. The summed E-state index contributed by atoms with van der Waals surface area (Å²) in [4.78, 5) is 0. The highest BCUT2D eigenvalue weighted by molar-refractivity contribution is 7.98. The summed E-state index contributed by atoms with van der Waals surface area (Å²) >= 11 is 1.55. The van der Waals surface area contributed by atoms with Crippen LogP contribution in [-0.4, -0.2) is 35.2 Å². The molecular formula is C11H19NO3S. The number of nitrogens with one attached hydrogen (secondary N) is 1. The van der Waals surface area contributed by atoms with Gasteiger partial charge in [-0.1, -0.05) is 6.92 Å². The first-order chi connectivity index (χ1) is 7.76. The molecule has 1 aromatic rings. The van der Waals surface area contributed by atoms with Gasteiger partial charge in [0.15, 0.2) is 0 Å². The lowest BCUT2D eigenvalue weighted by molar-refractivity contribution is 0.113. The fraction of sp³-hybridized carbons (Fsp3) is 0.636. The van der Waals surface area contributed by atoms with Crippen LogP contribution in [-0.2, 0) is 12.3 Å². The Morgan fingerprint density at radius 1 is 1.44 bits per heavy atom. The quantitative estimate of drug-likeness (QED) is 0.637. The lowest BCUT2D eigenvalue weighted by atomic mass is 10.4. The van der Waals surface area contributed by atoms with E-state index in [4.69, 9.17) is 14.6 Å². The highest BCUT2D eigenvalue weighted by Crippen LogP contribution is 2.16. The lowest BCUT2D eigenvalue weighted by Crippen LogP contribution is -2.14. The molecule has 16 heavy (non-hydrogen) atoms. The summed E-state index contributed by atoms with van der Waals surface area (Å²) in [6, 6.07) is 3.91. The average molecular weight is 245 g/mol. The van der Waals surface area contributed by atoms with Crippen LogP contribution in [0.5, 0.6) is 0 Å². The van der Waals surface area contributed by atoms with Crippen molar-refractivity contribution in [1.29, 1.82) is 0 Å². The zero-order chi connectivity index (χ0) is 11.8. The third-order valence-electron chi connectivity index (χ3n) is 2.03. The zero-order valence-electron chi connectivity index (χ0n) is 9.48. The standard InChI is InChI=1S/C11H19NO3S/c1-2-12-5-10-3-4-11(15-10)8-16-7-9(14)6-13/h3-4,9,12-14H,2,5-8H2,1H3. The highest BCUT2D eigenvalue weighted by atomic mass is 32.2. The molecule has 0 fully saturated rings. The average Bonchev–Trinajstić information content (AvgIpc) is 2.74. The number of thioether (sulfide) groups is 1. The van der Waals surface area contributed by atoms with Gasteiger partial charge in [-0.25, -0.2) is 0 Å². The summed E-state index contributed by atoms with van der Waals surface area (Å²) in [6.45, 7) is 3.54. The van der Waals surface area contributed by atoms with Crippen molar-refractivity contribution in [1.82, 2.24) is 5.32 Å². The van der Waals surface area contributed by atoms with Crippen LogP contribution in [0.4, 0.5) is 0 Å². The number of furan rings is 1. The molecule has 0 radical (unpaired) electrons. The van der Waals surface area contributed by atoms with Gasteiger partial charge in [0.05, 0.1) is 25.0 Å². The largest absolute Gasteiger partial charge is 0.464 e. The Hall–Kier alpha value is -0.490. The van der Waals surface area contributed by atoms with Crippen LogP contribution in [0.3, 0.4) is 0 Å². The van der Waals surface area contributed by atoms with Gasteiger partial charge >= 0.3 is 0 Å². The third-order valence-corrected chi connectivity index (χ3v) is 3.14. The Kier molecular flexibility index (Phi) is 6.56. The van der Waals surface area contributed by atoms with Gasteiger partial charge in [0.2, 0.25) is 0 Å². The van der Waals surface area contributed by atoms with Gasteiger partial charge in [-0.15, -0.1) is 0 Å². The summed E-state index contributed by atoms with van der Waals surface area (Å²) in [6.07, 6.45) is -0.638. The summed E-state index contributed by atoms with van der Waals surface area (Å²) < 4.78 is 5.57. The molecule has 0 aromatic carbocycles. The van der Waals surface area contributed by atoms with Crippen molar-refractivity contribution >= 4 is 11.8 Å². The molecule has 1 atom stereocenters. The Morgan fingerprint density at radius 2 is 2.19 bits per heavy atom. The Bertz CT molecular complexity index is 291. The Balaban J connectivity index is 2.23. The maximum absolute atomic E-state index is 9.15. The molecule has 1 aromatic heterocycles. The number of aliphatic hydroxyl groups excluding tert-OH is 2. The van der Waals surface area contributed by atoms with E-state index in [2.05, 4.69) is 12.2 Å². The molecule has 0 aliphatic heterocycles. The minimum Gasteiger partial charge on any atom is -0.464 e. The summed E-state index contributed by atoms with van der Waals surface area (Å²) in [5.74, 6) is 3.09. The predicted molar refractivity (Wildman–Crippen MR) is 65.3 cm³/mol. The number of hydrogen-bond donors (Lipinski definition) is 3. The van der Waals surface area contributed by atoms with Crippen molar-refractivity contribution in [2.45, 2.75) is 25.3 Å².